The highest BCUT2D eigenvalue weighted by atomic mass is 32.3. The van der Waals surface area contributed by atoms with Gasteiger partial charge in [-0.25, -0.2) is 0 Å². The number of thiol groups is 1. The number of ether oxygens (including phenoxy) is 1. The predicted molar refractivity (Wildman–Crippen MR) is 55.0 cm³/mol. The van der Waals surface area contributed by atoms with Gasteiger partial charge in [-0.2, -0.15) is 47.2 Å². The second-order valence-electron chi connectivity index (χ2n) is 3.56. The first-order valence-electron chi connectivity index (χ1n) is 4.85. The Morgan fingerprint density at radius 1 is 0.952 bits per heavy atom. The molecular formula is C7H8F8O4S2. The molecule has 0 fully saturated rings. The molecule has 0 aromatic rings. The zero-order chi connectivity index (χ0) is 17.3. The molecule has 0 aliphatic rings. The van der Waals surface area contributed by atoms with Crippen molar-refractivity contribution in [1.82, 2.24) is 0 Å². The van der Waals surface area contributed by atoms with Gasteiger partial charge >= 0.3 is 33.3 Å². The lowest BCUT2D eigenvalue weighted by Crippen LogP contribution is -2.65. The van der Waals surface area contributed by atoms with Crippen molar-refractivity contribution in [2.24, 2.45) is 0 Å². The van der Waals surface area contributed by atoms with Gasteiger partial charge in [-0.3, -0.25) is 0 Å². The topological polar surface area (TPSA) is 52.6 Å². The first kappa shape index (κ1) is 20.7. The van der Waals surface area contributed by atoms with Crippen molar-refractivity contribution in [1.29, 1.82) is 0 Å². The Morgan fingerprint density at radius 2 is 1.38 bits per heavy atom. The summed E-state index contributed by atoms with van der Waals surface area (Å²) >= 11 is 2.29. The minimum Gasteiger partial charge on any atom is -0.316 e. The van der Waals surface area contributed by atoms with Crippen molar-refractivity contribution in [2.45, 2.75) is 36.6 Å². The van der Waals surface area contributed by atoms with E-state index < -0.39 is 39.9 Å². The van der Waals surface area contributed by atoms with E-state index in [0.29, 0.717) is 0 Å². The van der Waals surface area contributed by atoms with Gasteiger partial charge in [0.1, 0.15) is 0 Å². The largest absolute Gasteiger partial charge is 0.439 e. The standard InChI is InChI=1S/C7H8F8O4S2/c1-2-3-18-6(12,13)4(8,9)5(10,11)7(14,15)21(16,17)19-20/h20H,2-3H2,1H3. The normalized spacial score (nSPS) is 15.3. The highest BCUT2D eigenvalue weighted by Gasteiger charge is 2.85. The number of rotatable bonds is 8. The van der Waals surface area contributed by atoms with E-state index in [2.05, 4.69) is 21.3 Å². The van der Waals surface area contributed by atoms with Gasteiger partial charge in [0, 0.05) is 0 Å². The van der Waals surface area contributed by atoms with Crippen LogP contribution in [0.3, 0.4) is 0 Å². The number of halogens is 8. The van der Waals surface area contributed by atoms with Crippen LogP contribution in [0.25, 0.3) is 0 Å². The molecular weight excluding hydrogens is 364 g/mol. The van der Waals surface area contributed by atoms with E-state index in [1.165, 1.54) is 0 Å². The van der Waals surface area contributed by atoms with E-state index in [-0.39, 0.29) is 6.42 Å². The minimum atomic E-state index is -7.04. The molecule has 128 valence electrons. The molecule has 4 nitrogen and oxygen atoms in total. The zero-order valence-electron chi connectivity index (χ0n) is 9.93. The average molecular weight is 372 g/mol. The van der Waals surface area contributed by atoms with Crippen molar-refractivity contribution in [3.8, 4) is 0 Å². The molecule has 0 N–H and O–H groups in total. The van der Waals surface area contributed by atoms with Crippen LogP contribution in [0.4, 0.5) is 35.1 Å². The predicted octanol–water partition coefficient (Wildman–Crippen LogP) is 3.06. The Labute approximate surface area is 119 Å². The zero-order valence-corrected chi connectivity index (χ0v) is 11.6. The number of hydrogen-bond donors (Lipinski definition) is 1. The first-order chi connectivity index (χ1) is 9.12. The van der Waals surface area contributed by atoms with E-state index in [1.54, 1.807) is 0 Å². The van der Waals surface area contributed by atoms with Crippen molar-refractivity contribution in [2.75, 3.05) is 6.61 Å². The summed E-state index contributed by atoms with van der Waals surface area (Å²) in [6, 6.07) is 0. The van der Waals surface area contributed by atoms with Crippen LogP contribution in [0.1, 0.15) is 13.3 Å². The number of alkyl halides is 8. The molecule has 21 heavy (non-hydrogen) atoms. The van der Waals surface area contributed by atoms with Crippen molar-refractivity contribution >= 4 is 23.0 Å². The molecule has 0 saturated carbocycles. The van der Waals surface area contributed by atoms with E-state index in [1.807, 2.05) is 0 Å². The fourth-order valence-electron chi connectivity index (χ4n) is 0.890. The molecule has 0 bridgehead atoms. The Bertz CT molecular complexity index is 463. The molecule has 0 amide bonds. The van der Waals surface area contributed by atoms with Gasteiger partial charge in [0.2, 0.25) is 0 Å². The van der Waals surface area contributed by atoms with Crippen molar-refractivity contribution in [3.05, 3.63) is 0 Å². The highest BCUT2D eigenvalue weighted by Crippen LogP contribution is 2.54. The maximum Gasteiger partial charge on any atom is 0.439 e. The molecule has 0 aromatic carbocycles. The van der Waals surface area contributed by atoms with Gasteiger partial charge in [0.05, 0.1) is 6.61 Å². The van der Waals surface area contributed by atoms with Gasteiger partial charge in [0.15, 0.2) is 0 Å². The summed E-state index contributed by atoms with van der Waals surface area (Å²) in [7, 11) is -6.71. The lowest BCUT2D eigenvalue weighted by molar-refractivity contribution is -0.417. The van der Waals surface area contributed by atoms with E-state index >= 15 is 0 Å². The molecule has 0 heterocycles. The average Bonchev–Trinajstić information content (AvgIpc) is 2.35. The summed E-state index contributed by atoms with van der Waals surface area (Å²) in [5.41, 5.74) is 0. The molecule has 0 spiro atoms. The lowest BCUT2D eigenvalue weighted by Gasteiger charge is -2.34. The van der Waals surface area contributed by atoms with Crippen molar-refractivity contribution < 1.29 is 51.9 Å². The molecule has 14 heteroatoms. The van der Waals surface area contributed by atoms with Crippen LogP contribution in [-0.4, -0.2) is 38.2 Å². The van der Waals surface area contributed by atoms with Gasteiger partial charge in [-0.1, -0.05) is 6.92 Å². The van der Waals surface area contributed by atoms with Gasteiger partial charge in [0.25, 0.3) is 0 Å². The van der Waals surface area contributed by atoms with Crippen molar-refractivity contribution in [3.63, 3.8) is 0 Å². The molecule has 0 aliphatic heterocycles. The lowest BCUT2D eigenvalue weighted by atomic mass is 10.1. The minimum absolute atomic E-state index is 0.328. The van der Waals surface area contributed by atoms with Crippen LogP contribution in [0.2, 0.25) is 0 Å². The van der Waals surface area contributed by atoms with Gasteiger partial charge < -0.3 is 4.74 Å². The number of hydrogen-bond acceptors (Lipinski definition) is 5. The fraction of sp³-hybridized carbons (Fsp3) is 1.00. The monoisotopic (exact) mass is 372 g/mol. The summed E-state index contributed by atoms with van der Waals surface area (Å²) in [5.74, 6) is -13.9. The van der Waals surface area contributed by atoms with Crippen LogP contribution in [0, 0.1) is 0 Å². The second kappa shape index (κ2) is 6.04. The molecule has 0 saturated heterocycles. The maximum atomic E-state index is 13.0. The van der Waals surface area contributed by atoms with Crippen LogP contribution in [-0.2, 0) is 18.5 Å². The quantitative estimate of drug-likeness (QED) is 0.404. The fourth-order valence-corrected chi connectivity index (χ4v) is 1.71. The molecule has 0 aliphatic carbocycles. The molecule has 0 aromatic heterocycles. The third-order valence-corrected chi connectivity index (χ3v) is 3.69. The molecule has 0 atom stereocenters. The van der Waals surface area contributed by atoms with Crippen LogP contribution in [0.15, 0.2) is 0 Å². The SMILES string of the molecule is CCCOC(F)(F)C(F)(F)C(F)(F)C(F)(F)S(=O)(=O)OS. The molecule has 0 unspecified atom stereocenters. The van der Waals surface area contributed by atoms with E-state index in [9.17, 15) is 43.5 Å². The first-order valence-corrected chi connectivity index (χ1v) is 6.62. The maximum absolute atomic E-state index is 13.0. The summed E-state index contributed by atoms with van der Waals surface area (Å²) < 4.78 is 131. The van der Waals surface area contributed by atoms with Crippen LogP contribution < -0.4 is 0 Å². The molecule has 0 rings (SSSR count). The Balaban J connectivity index is 5.88. The smallest absolute Gasteiger partial charge is 0.316 e. The summed E-state index contributed by atoms with van der Waals surface area (Å²) in [6.45, 7) is -0.0276. The van der Waals surface area contributed by atoms with Gasteiger partial charge in [-0.05, 0) is 19.3 Å². The summed E-state index contributed by atoms with van der Waals surface area (Å²) in [5, 5.41) is -6.69. The Morgan fingerprint density at radius 3 is 1.71 bits per heavy atom. The Kier molecular flexibility index (Phi) is 5.94. The van der Waals surface area contributed by atoms with E-state index in [4.69, 9.17) is 0 Å². The highest BCUT2D eigenvalue weighted by molar-refractivity contribution is 7.96. The third-order valence-electron chi connectivity index (χ3n) is 2.02. The van der Waals surface area contributed by atoms with Gasteiger partial charge in [-0.15, -0.1) is 0 Å². The third kappa shape index (κ3) is 3.22. The summed E-state index contributed by atoms with van der Waals surface area (Å²) in [4.78, 5) is 0. The van der Waals surface area contributed by atoms with E-state index in [0.717, 1.165) is 6.92 Å². The second-order valence-corrected chi connectivity index (χ2v) is 5.58. The van der Waals surface area contributed by atoms with Crippen LogP contribution in [0.5, 0.6) is 0 Å². The summed E-state index contributed by atoms with van der Waals surface area (Å²) in [6.07, 6.45) is -6.38. The molecule has 0 radical (unpaired) electrons. The Hall–Kier alpha value is -0.340. The van der Waals surface area contributed by atoms with Crippen LogP contribution >= 0.6 is 12.9 Å².